The average Bonchev–Trinajstić information content (AvgIpc) is 3.59. The molecule has 4 atom stereocenters. The maximum absolute atomic E-state index is 9.71. The van der Waals surface area contributed by atoms with Gasteiger partial charge < -0.3 is 24.7 Å². The van der Waals surface area contributed by atoms with Gasteiger partial charge in [0.05, 0.1) is 18.8 Å². The molecule has 1 saturated heterocycles. The summed E-state index contributed by atoms with van der Waals surface area (Å²) in [6, 6.07) is 46.7. The number of oxazole rings is 1. The summed E-state index contributed by atoms with van der Waals surface area (Å²) in [6.45, 7) is 0.451. The Hall–Kier alpha value is -4.50. The SMILES string of the molecule is NCc1ccc([C@@H]2O[C@@H](CSc3nc(-c4ccccc4)c(-c4ccccc4)o3)[C@@H](c3ccccc3)[C@@H](c3ccc(CO)cc3)O2)cc1. The summed E-state index contributed by atoms with van der Waals surface area (Å²) < 4.78 is 20.2. The first-order valence-electron chi connectivity index (χ1n) is 15.8. The van der Waals surface area contributed by atoms with Crippen molar-refractivity contribution in [2.45, 2.75) is 42.8 Å². The third kappa shape index (κ3) is 6.95. The van der Waals surface area contributed by atoms with Crippen LogP contribution >= 0.6 is 11.8 Å². The van der Waals surface area contributed by atoms with E-state index in [9.17, 15) is 5.11 Å². The Kier molecular flexibility index (Phi) is 9.60. The first-order valence-corrected chi connectivity index (χ1v) is 16.8. The minimum atomic E-state index is -0.598. The zero-order chi connectivity index (χ0) is 32.0. The predicted octanol–water partition coefficient (Wildman–Crippen LogP) is 8.69. The number of hydrogen-bond acceptors (Lipinski definition) is 7. The van der Waals surface area contributed by atoms with Crippen LogP contribution in [0, 0.1) is 0 Å². The Morgan fingerprint density at radius 2 is 1.23 bits per heavy atom. The Balaban J connectivity index is 1.26. The molecule has 1 aliphatic rings. The van der Waals surface area contributed by atoms with E-state index < -0.39 is 6.29 Å². The van der Waals surface area contributed by atoms with Crippen molar-refractivity contribution in [3.05, 3.63) is 167 Å². The van der Waals surface area contributed by atoms with Gasteiger partial charge in [0.25, 0.3) is 5.22 Å². The Morgan fingerprint density at radius 1 is 0.638 bits per heavy atom. The van der Waals surface area contributed by atoms with Crippen LogP contribution in [0.3, 0.4) is 0 Å². The molecule has 0 bridgehead atoms. The second-order valence-electron chi connectivity index (χ2n) is 11.5. The largest absolute Gasteiger partial charge is 0.431 e. The van der Waals surface area contributed by atoms with Crippen LogP contribution in [0.25, 0.3) is 22.6 Å². The monoisotopic (exact) mass is 640 g/mol. The van der Waals surface area contributed by atoms with Crippen molar-refractivity contribution in [2.24, 2.45) is 5.73 Å². The van der Waals surface area contributed by atoms with Crippen LogP contribution in [0.2, 0.25) is 0 Å². The highest BCUT2D eigenvalue weighted by Gasteiger charge is 2.42. The molecule has 0 radical (unpaired) electrons. The van der Waals surface area contributed by atoms with E-state index in [0.29, 0.717) is 17.5 Å². The Morgan fingerprint density at radius 3 is 1.87 bits per heavy atom. The van der Waals surface area contributed by atoms with E-state index in [4.69, 9.17) is 24.6 Å². The van der Waals surface area contributed by atoms with Gasteiger partial charge in [-0.15, -0.1) is 0 Å². The lowest BCUT2D eigenvalue weighted by Crippen LogP contribution is -2.38. The lowest BCUT2D eigenvalue weighted by molar-refractivity contribution is -0.255. The Bertz CT molecular complexity index is 1810. The molecule has 3 N–H and O–H groups in total. The highest BCUT2D eigenvalue weighted by atomic mass is 32.2. The highest BCUT2D eigenvalue weighted by molar-refractivity contribution is 7.99. The van der Waals surface area contributed by atoms with Crippen molar-refractivity contribution in [3.63, 3.8) is 0 Å². The van der Waals surface area contributed by atoms with Crippen molar-refractivity contribution in [2.75, 3.05) is 5.75 Å². The van der Waals surface area contributed by atoms with Crippen LogP contribution in [0.4, 0.5) is 0 Å². The maximum atomic E-state index is 9.71. The van der Waals surface area contributed by atoms with Gasteiger partial charge in [0.15, 0.2) is 12.1 Å². The molecule has 0 saturated carbocycles. The zero-order valence-corrected chi connectivity index (χ0v) is 26.6. The molecule has 1 fully saturated rings. The molecule has 0 aliphatic carbocycles. The van der Waals surface area contributed by atoms with Gasteiger partial charge in [-0.05, 0) is 22.3 Å². The second kappa shape index (κ2) is 14.5. The molecule has 47 heavy (non-hydrogen) atoms. The van der Waals surface area contributed by atoms with Crippen LogP contribution in [0.5, 0.6) is 0 Å². The normalized spacial score (nSPS) is 19.4. The molecule has 7 heteroatoms. The summed E-state index contributed by atoms with van der Waals surface area (Å²) in [6.07, 6.45) is -1.17. The molecule has 6 nitrogen and oxygen atoms in total. The molecule has 1 aliphatic heterocycles. The topological polar surface area (TPSA) is 90.7 Å². The summed E-state index contributed by atoms with van der Waals surface area (Å²) in [7, 11) is 0. The fourth-order valence-corrected chi connectivity index (χ4v) is 6.95. The van der Waals surface area contributed by atoms with E-state index in [2.05, 4.69) is 36.4 Å². The maximum Gasteiger partial charge on any atom is 0.256 e. The summed E-state index contributed by atoms with van der Waals surface area (Å²) in [5, 5.41) is 10.3. The quantitative estimate of drug-likeness (QED) is 0.145. The zero-order valence-electron chi connectivity index (χ0n) is 25.8. The first kappa shape index (κ1) is 31.1. The molecule has 6 aromatic rings. The minimum absolute atomic E-state index is 0.0154. The van der Waals surface area contributed by atoms with Gasteiger partial charge in [-0.1, -0.05) is 151 Å². The van der Waals surface area contributed by atoms with Gasteiger partial charge >= 0.3 is 0 Å². The van der Waals surface area contributed by atoms with Crippen molar-refractivity contribution in [3.8, 4) is 22.6 Å². The van der Waals surface area contributed by atoms with E-state index >= 15 is 0 Å². The Labute approximate surface area is 279 Å². The number of nitrogens with zero attached hydrogens (tertiary/aromatic N) is 1. The number of aromatic nitrogens is 1. The van der Waals surface area contributed by atoms with Crippen molar-refractivity contribution in [1.82, 2.24) is 4.98 Å². The number of rotatable bonds is 10. The van der Waals surface area contributed by atoms with Crippen LogP contribution in [0.15, 0.2) is 149 Å². The van der Waals surface area contributed by atoms with Crippen molar-refractivity contribution >= 4 is 11.8 Å². The average molecular weight is 641 g/mol. The number of thioether (sulfide) groups is 1. The fourth-order valence-electron chi connectivity index (χ4n) is 6.06. The summed E-state index contributed by atoms with van der Waals surface area (Å²) in [4.78, 5) is 5.01. The van der Waals surface area contributed by atoms with E-state index in [-0.39, 0.29) is 24.7 Å². The molecule has 0 spiro atoms. The lowest BCUT2D eigenvalue weighted by Gasteiger charge is -2.43. The van der Waals surface area contributed by atoms with Crippen molar-refractivity contribution < 1.29 is 19.0 Å². The number of hydrogen-bond donors (Lipinski definition) is 2. The van der Waals surface area contributed by atoms with E-state index in [0.717, 1.165) is 50.4 Å². The molecule has 1 aromatic heterocycles. The van der Waals surface area contributed by atoms with Crippen LogP contribution < -0.4 is 5.73 Å². The molecule has 5 aromatic carbocycles. The lowest BCUT2D eigenvalue weighted by atomic mass is 9.84. The van der Waals surface area contributed by atoms with Gasteiger partial charge in [0.1, 0.15) is 5.69 Å². The number of benzene rings is 5. The third-order valence-electron chi connectivity index (χ3n) is 8.52. The highest BCUT2D eigenvalue weighted by Crippen LogP contribution is 2.48. The molecule has 236 valence electrons. The van der Waals surface area contributed by atoms with Gasteiger partial charge in [-0.2, -0.15) is 0 Å². The molecule has 0 amide bonds. The van der Waals surface area contributed by atoms with E-state index in [1.165, 1.54) is 0 Å². The summed E-state index contributed by atoms with van der Waals surface area (Å²) in [5.74, 6) is 1.20. The first-order chi connectivity index (χ1) is 23.2. The molecule has 2 heterocycles. The van der Waals surface area contributed by atoms with Crippen LogP contribution in [0.1, 0.15) is 46.1 Å². The third-order valence-corrected chi connectivity index (χ3v) is 9.44. The van der Waals surface area contributed by atoms with Crippen LogP contribution in [-0.2, 0) is 22.6 Å². The molecule has 7 rings (SSSR count). The van der Waals surface area contributed by atoms with Gasteiger partial charge in [-0.25, -0.2) is 4.98 Å². The van der Waals surface area contributed by atoms with Gasteiger partial charge in [0, 0.05) is 34.9 Å². The van der Waals surface area contributed by atoms with E-state index in [1.54, 1.807) is 11.8 Å². The minimum Gasteiger partial charge on any atom is -0.431 e. The summed E-state index contributed by atoms with van der Waals surface area (Å²) in [5.41, 5.74) is 13.6. The van der Waals surface area contributed by atoms with Gasteiger partial charge in [-0.3, -0.25) is 0 Å². The smallest absolute Gasteiger partial charge is 0.256 e. The van der Waals surface area contributed by atoms with Gasteiger partial charge in [0.2, 0.25) is 0 Å². The predicted molar refractivity (Wildman–Crippen MR) is 185 cm³/mol. The van der Waals surface area contributed by atoms with E-state index in [1.807, 2.05) is 103 Å². The molecular weight excluding hydrogens is 605 g/mol. The molecule has 0 unspecified atom stereocenters. The summed E-state index contributed by atoms with van der Waals surface area (Å²) >= 11 is 1.55. The standard InChI is InChI=1S/C40H36N2O4S/c41-24-27-16-22-33(23-17-27)39-44-34(35(29-10-4-1-5-11-29)37(45-39)32-20-18-28(25-43)19-21-32)26-47-40-42-36(30-12-6-2-7-13-30)38(46-40)31-14-8-3-9-15-31/h1-23,34-35,37,39,43H,24-26,41H2/t34-,35+,37+,39+/m0/s1. The fraction of sp³-hybridized carbons (Fsp3) is 0.175. The second-order valence-corrected chi connectivity index (χ2v) is 12.5. The van der Waals surface area contributed by atoms with Crippen LogP contribution in [-0.4, -0.2) is 21.9 Å². The number of nitrogens with two attached hydrogens (primary N) is 1. The molecular formula is C40H36N2O4S. The number of aliphatic hydroxyl groups is 1. The number of aliphatic hydroxyl groups excluding tert-OH is 1. The number of ether oxygens (including phenoxy) is 2. The van der Waals surface area contributed by atoms with Crippen molar-refractivity contribution in [1.29, 1.82) is 0 Å².